The molecule has 1 aromatic heterocycles. The molecule has 0 saturated carbocycles. The number of nitrogens with one attached hydrogen (secondary N) is 1. The zero-order chi connectivity index (χ0) is 12.5. The van der Waals surface area contributed by atoms with Crippen LogP contribution in [0.3, 0.4) is 0 Å². The smallest absolute Gasteiger partial charge is 0.195 e. The molecule has 3 aromatic rings. The lowest BCUT2D eigenvalue weighted by molar-refractivity contribution is 0.104. The maximum atomic E-state index is 12.4. The topological polar surface area (TPSA) is 32.9 Å². The number of aromatic nitrogens is 1. The quantitative estimate of drug-likeness (QED) is 0.689. The van der Waals surface area contributed by atoms with Crippen molar-refractivity contribution in [1.82, 2.24) is 4.98 Å². The van der Waals surface area contributed by atoms with Gasteiger partial charge in [-0.15, -0.1) is 0 Å². The van der Waals surface area contributed by atoms with E-state index < -0.39 is 0 Å². The Kier molecular flexibility index (Phi) is 2.65. The second-order valence-corrected chi connectivity index (χ2v) is 4.52. The second-order valence-electron chi connectivity index (χ2n) is 4.09. The SMILES string of the molecule is O=C(c1ccccc1)c1c[nH]c2ccc(Cl)cc12. The van der Waals surface area contributed by atoms with Crippen molar-refractivity contribution in [3.63, 3.8) is 0 Å². The van der Waals surface area contributed by atoms with E-state index in [4.69, 9.17) is 11.6 Å². The molecule has 0 aliphatic rings. The average Bonchev–Trinajstić information content (AvgIpc) is 2.82. The van der Waals surface area contributed by atoms with Crippen molar-refractivity contribution in [2.75, 3.05) is 0 Å². The number of H-pyrrole nitrogens is 1. The lowest BCUT2D eigenvalue weighted by Gasteiger charge is -1.99. The number of rotatable bonds is 2. The zero-order valence-electron chi connectivity index (χ0n) is 9.48. The number of ketones is 1. The predicted molar refractivity (Wildman–Crippen MR) is 73.2 cm³/mol. The van der Waals surface area contributed by atoms with E-state index in [1.807, 2.05) is 42.5 Å². The van der Waals surface area contributed by atoms with Crippen LogP contribution in [0, 0.1) is 0 Å². The first-order chi connectivity index (χ1) is 8.75. The molecule has 1 N–H and O–H groups in total. The number of benzene rings is 2. The number of aromatic amines is 1. The molecule has 0 fully saturated rings. The molecule has 1 heterocycles. The highest BCUT2D eigenvalue weighted by molar-refractivity contribution is 6.31. The number of fused-ring (bicyclic) bond motifs is 1. The Morgan fingerprint density at radius 3 is 2.61 bits per heavy atom. The number of hydrogen-bond acceptors (Lipinski definition) is 1. The Morgan fingerprint density at radius 2 is 1.83 bits per heavy atom. The molecule has 0 amide bonds. The van der Waals surface area contributed by atoms with Gasteiger partial charge in [-0.2, -0.15) is 0 Å². The van der Waals surface area contributed by atoms with Crippen molar-refractivity contribution in [3.05, 3.63) is 70.9 Å². The molecular weight excluding hydrogens is 246 g/mol. The summed E-state index contributed by atoms with van der Waals surface area (Å²) in [5.74, 6) is 0.00381. The van der Waals surface area contributed by atoms with Crippen molar-refractivity contribution < 1.29 is 4.79 Å². The van der Waals surface area contributed by atoms with Crippen molar-refractivity contribution >= 4 is 28.3 Å². The maximum Gasteiger partial charge on any atom is 0.195 e. The van der Waals surface area contributed by atoms with Gasteiger partial charge >= 0.3 is 0 Å². The third-order valence-electron chi connectivity index (χ3n) is 2.92. The fourth-order valence-electron chi connectivity index (χ4n) is 2.03. The lowest BCUT2D eigenvalue weighted by atomic mass is 10.0. The number of halogens is 1. The molecule has 88 valence electrons. The summed E-state index contributed by atoms with van der Waals surface area (Å²) in [6.45, 7) is 0. The van der Waals surface area contributed by atoms with Crippen LogP contribution in [-0.2, 0) is 0 Å². The van der Waals surface area contributed by atoms with Crippen LogP contribution >= 0.6 is 11.6 Å². The molecule has 0 atom stereocenters. The molecule has 0 spiro atoms. The minimum atomic E-state index is 0.00381. The first kappa shape index (κ1) is 11.1. The van der Waals surface area contributed by atoms with Crippen molar-refractivity contribution in [2.24, 2.45) is 0 Å². The summed E-state index contributed by atoms with van der Waals surface area (Å²) in [7, 11) is 0. The average molecular weight is 256 g/mol. The summed E-state index contributed by atoms with van der Waals surface area (Å²) >= 11 is 5.97. The summed E-state index contributed by atoms with van der Waals surface area (Å²) in [6.07, 6.45) is 1.73. The summed E-state index contributed by atoms with van der Waals surface area (Å²) in [6, 6.07) is 14.7. The van der Waals surface area contributed by atoms with Crippen molar-refractivity contribution in [1.29, 1.82) is 0 Å². The van der Waals surface area contributed by atoms with Gasteiger partial charge in [0.15, 0.2) is 5.78 Å². The fourth-order valence-corrected chi connectivity index (χ4v) is 2.20. The van der Waals surface area contributed by atoms with Gasteiger partial charge in [0.05, 0.1) is 0 Å². The largest absolute Gasteiger partial charge is 0.360 e. The summed E-state index contributed by atoms with van der Waals surface area (Å²) in [4.78, 5) is 15.5. The van der Waals surface area contributed by atoms with E-state index in [1.165, 1.54) is 0 Å². The molecule has 0 saturated heterocycles. The van der Waals surface area contributed by atoms with Gasteiger partial charge in [0.2, 0.25) is 0 Å². The third-order valence-corrected chi connectivity index (χ3v) is 3.16. The maximum absolute atomic E-state index is 12.4. The van der Waals surface area contributed by atoms with Gasteiger partial charge < -0.3 is 4.98 Å². The molecule has 0 bridgehead atoms. The number of hydrogen-bond donors (Lipinski definition) is 1. The third kappa shape index (κ3) is 1.81. The fraction of sp³-hybridized carbons (Fsp3) is 0. The summed E-state index contributed by atoms with van der Waals surface area (Å²) in [5, 5.41) is 1.49. The van der Waals surface area contributed by atoms with Crippen LogP contribution in [0.2, 0.25) is 5.02 Å². The van der Waals surface area contributed by atoms with Gasteiger partial charge in [-0.3, -0.25) is 4.79 Å². The van der Waals surface area contributed by atoms with E-state index in [-0.39, 0.29) is 5.78 Å². The number of carbonyl (C=O) groups is 1. The Balaban J connectivity index is 2.15. The second kappa shape index (κ2) is 4.31. The molecule has 0 aliphatic heterocycles. The predicted octanol–water partition coefficient (Wildman–Crippen LogP) is 4.05. The van der Waals surface area contributed by atoms with E-state index in [2.05, 4.69) is 4.98 Å². The van der Waals surface area contributed by atoms with Gasteiger partial charge in [-0.05, 0) is 18.2 Å². The lowest BCUT2D eigenvalue weighted by Crippen LogP contribution is -1.99. The van der Waals surface area contributed by atoms with Crippen LogP contribution in [-0.4, -0.2) is 10.8 Å². The van der Waals surface area contributed by atoms with E-state index in [0.29, 0.717) is 16.1 Å². The van der Waals surface area contributed by atoms with Crippen LogP contribution in [0.5, 0.6) is 0 Å². The normalized spacial score (nSPS) is 10.7. The molecule has 3 rings (SSSR count). The highest BCUT2D eigenvalue weighted by Gasteiger charge is 2.13. The molecule has 0 radical (unpaired) electrons. The monoisotopic (exact) mass is 255 g/mol. The van der Waals surface area contributed by atoms with Crippen LogP contribution in [0.1, 0.15) is 15.9 Å². The molecule has 18 heavy (non-hydrogen) atoms. The van der Waals surface area contributed by atoms with Crippen molar-refractivity contribution in [3.8, 4) is 0 Å². The molecular formula is C15H10ClNO. The van der Waals surface area contributed by atoms with Gasteiger partial charge in [-0.25, -0.2) is 0 Å². The number of carbonyl (C=O) groups excluding carboxylic acids is 1. The van der Waals surface area contributed by atoms with Crippen molar-refractivity contribution in [2.45, 2.75) is 0 Å². The Hall–Kier alpha value is -2.06. The first-order valence-electron chi connectivity index (χ1n) is 5.62. The first-order valence-corrected chi connectivity index (χ1v) is 6.00. The minimum absolute atomic E-state index is 0.00381. The summed E-state index contributed by atoms with van der Waals surface area (Å²) < 4.78 is 0. The highest BCUT2D eigenvalue weighted by Crippen LogP contribution is 2.24. The van der Waals surface area contributed by atoms with E-state index in [1.54, 1.807) is 12.3 Å². The van der Waals surface area contributed by atoms with E-state index >= 15 is 0 Å². The minimum Gasteiger partial charge on any atom is -0.360 e. The van der Waals surface area contributed by atoms with Gasteiger partial charge in [0.1, 0.15) is 0 Å². The Morgan fingerprint density at radius 1 is 1.06 bits per heavy atom. The van der Waals surface area contributed by atoms with Gasteiger partial charge in [0.25, 0.3) is 0 Å². The van der Waals surface area contributed by atoms with Crippen LogP contribution in [0.4, 0.5) is 0 Å². The Labute approximate surface area is 109 Å². The standard InChI is InChI=1S/C15H10ClNO/c16-11-6-7-14-12(8-11)13(9-17-14)15(18)10-4-2-1-3-5-10/h1-9,17H. The van der Waals surface area contributed by atoms with Crippen LogP contribution in [0.25, 0.3) is 10.9 Å². The van der Waals surface area contributed by atoms with Crippen LogP contribution < -0.4 is 0 Å². The van der Waals surface area contributed by atoms with Crippen LogP contribution in [0.15, 0.2) is 54.7 Å². The molecule has 2 aromatic carbocycles. The molecule has 2 nitrogen and oxygen atoms in total. The molecule has 0 unspecified atom stereocenters. The highest BCUT2D eigenvalue weighted by atomic mass is 35.5. The van der Waals surface area contributed by atoms with E-state index in [0.717, 1.165) is 10.9 Å². The molecule has 3 heteroatoms. The van der Waals surface area contributed by atoms with E-state index in [9.17, 15) is 4.79 Å². The Bertz CT molecular complexity index is 716. The van der Waals surface area contributed by atoms with Gasteiger partial charge in [0, 0.05) is 33.2 Å². The van der Waals surface area contributed by atoms with Gasteiger partial charge in [-0.1, -0.05) is 41.9 Å². The molecule has 0 aliphatic carbocycles. The zero-order valence-corrected chi connectivity index (χ0v) is 10.2. The summed E-state index contributed by atoms with van der Waals surface area (Å²) in [5.41, 5.74) is 2.25.